The summed E-state index contributed by atoms with van der Waals surface area (Å²) in [5.41, 5.74) is 3.94. The second kappa shape index (κ2) is 4.34. The molecule has 0 heterocycles. The third-order valence-corrected chi connectivity index (χ3v) is 3.77. The van der Waals surface area contributed by atoms with Crippen molar-refractivity contribution in [1.82, 2.24) is 0 Å². The third kappa shape index (κ3) is 2.19. The molecule has 2 aliphatic rings. The molecule has 0 aliphatic heterocycles. The summed E-state index contributed by atoms with van der Waals surface area (Å²) in [4.78, 5) is 0. The van der Waals surface area contributed by atoms with Crippen molar-refractivity contribution in [2.75, 3.05) is 6.61 Å². The van der Waals surface area contributed by atoms with Gasteiger partial charge in [0.05, 0.1) is 13.2 Å². The largest absolute Gasteiger partial charge is 0.493 e. The van der Waals surface area contributed by atoms with Crippen LogP contribution in [0.15, 0.2) is 12.1 Å². The average molecular weight is 232 g/mol. The standard InChI is InChI=1S/C15H20O2/c1-2-17-15-8-14(11-5-6-11)13(10-3-4-10)7-12(15)9-16/h7-8,10-11,16H,2-6,9H2,1H3. The summed E-state index contributed by atoms with van der Waals surface area (Å²) in [6.07, 6.45) is 5.28. The van der Waals surface area contributed by atoms with Gasteiger partial charge in [0.15, 0.2) is 0 Å². The van der Waals surface area contributed by atoms with Crippen LogP contribution in [0.3, 0.4) is 0 Å². The first-order valence-electron chi connectivity index (χ1n) is 6.73. The summed E-state index contributed by atoms with van der Waals surface area (Å²) in [5, 5.41) is 9.44. The van der Waals surface area contributed by atoms with Gasteiger partial charge in [0.25, 0.3) is 0 Å². The Morgan fingerprint density at radius 2 is 1.71 bits per heavy atom. The number of aliphatic hydroxyl groups excluding tert-OH is 1. The second-order valence-electron chi connectivity index (χ2n) is 5.23. The van der Waals surface area contributed by atoms with Crippen LogP contribution in [0.5, 0.6) is 5.75 Å². The van der Waals surface area contributed by atoms with Gasteiger partial charge in [0.2, 0.25) is 0 Å². The molecule has 2 fully saturated rings. The minimum absolute atomic E-state index is 0.0833. The molecule has 0 spiro atoms. The molecule has 1 aromatic carbocycles. The van der Waals surface area contributed by atoms with Crippen molar-refractivity contribution in [2.45, 2.75) is 51.0 Å². The Balaban J connectivity index is 2.01. The molecule has 0 atom stereocenters. The lowest BCUT2D eigenvalue weighted by Gasteiger charge is -2.15. The van der Waals surface area contributed by atoms with E-state index in [1.54, 1.807) is 0 Å². The monoisotopic (exact) mass is 232 g/mol. The highest BCUT2D eigenvalue weighted by atomic mass is 16.5. The highest BCUT2D eigenvalue weighted by Gasteiger charge is 2.33. The normalized spacial score (nSPS) is 19.4. The summed E-state index contributed by atoms with van der Waals surface area (Å²) >= 11 is 0. The van der Waals surface area contributed by atoms with Crippen LogP contribution in [-0.2, 0) is 6.61 Å². The lowest BCUT2D eigenvalue weighted by Crippen LogP contribution is -2.01. The van der Waals surface area contributed by atoms with E-state index in [9.17, 15) is 5.11 Å². The highest BCUT2D eigenvalue weighted by molar-refractivity contribution is 5.48. The topological polar surface area (TPSA) is 29.5 Å². The van der Waals surface area contributed by atoms with Gasteiger partial charge in [0.1, 0.15) is 5.75 Å². The van der Waals surface area contributed by atoms with Crippen molar-refractivity contribution in [3.8, 4) is 5.75 Å². The Kier molecular flexibility index (Phi) is 2.83. The van der Waals surface area contributed by atoms with Crippen molar-refractivity contribution in [3.05, 3.63) is 28.8 Å². The smallest absolute Gasteiger partial charge is 0.125 e. The predicted octanol–water partition coefficient (Wildman–Crippen LogP) is 3.33. The summed E-state index contributed by atoms with van der Waals surface area (Å²) in [7, 11) is 0. The SMILES string of the molecule is CCOc1cc(C2CC2)c(C2CC2)cc1CO. The van der Waals surface area contributed by atoms with E-state index in [1.165, 1.54) is 36.8 Å². The lowest BCUT2D eigenvalue weighted by atomic mass is 9.96. The molecule has 2 aliphatic carbocycles. The van der Waals surface area contributed by atoms with E-state index < -0.39 is 0 Å². The molecule has 0 unspecified atom stereocenters. The molecule has 92 valence electrons. The fourth-order valence-electron chi connectivity index (χ4n) is 2.57. The second-order valence-corrected chi connectivity index (χ2v) is 5.23. The summed E-state index contributed by atoms with van der Waals surface area (Å²) in [5.74, 6) is 2.41. The number of hydrogen-bond acceptors (Lipinski definition) is 2. The van der Waals surface area contributed by atoms with Crippen molar-refractivity contribution in [1.29, 1.82) is 0 Å². The van der Waals surface area contributed by atoms with Crippen molar-refractivity contribution in [2.24, 2.45) is 0 Å². The van der Waals surface area contributed by atoms with Crippen LogP contribution in [0.25, 0.3) is 0 Å². The third-order valence-electron chi connectivity index (χ3n) is 3.77. The predicted molar refractivity (Wildman–Crippen MR) is 67.5 cm³/mol. The molecule has 2 saturated carbocycles. The zero-order valence-electron chi connectivity index (χ0n) is 10.4. The van der Waals surface area contributed by atoms with Gasteiger partial charge in [-0.25, -0.2) is 0 Å². The Bertz CT molecular complexity index is 417. The summed E-state index contributed by atoms with van der Waals surface area (Å²) in [6, 6.07) is 4.39. The lowest BCUT2D eigenvalue weighted by molar-refractivity contribution is 0.266. The Morgan fingerprint density at radius 3 is 2.18 bits per heavy atom. The van der Waals surface area contributed by atoms with Crippen LogP contribution >= 0.6 is 0 Å². The molecule has 2 nitrogen and oxygen atoms in total. The molecule has 2 heteroatoms. The molecular weight excluding hydrogens is 212 g/mol. The number of ether oxygens (including phenoxy) is 1. The van der Waals surface area contributed by atoms with E-state index >= 15 is 0 Å². The maximum Gasteiger partial charge on any atom is 0.125 e. The zero-order valence-corrected chi connectivity index (χ0v) is 10.4. The van der Waals surface area contributed by atoms with E-state index in [4.69, 9.17) is 4.74 Å². The fourth-order valence-corrected chi connectivity index (χ4v) is 2.57. The van der Waals surface area contributed by atoms with E-state index in [0.29, 0.717) is 6.61 Å². The van der Waals surface area contributed by atoms with Crippen LogP contribution in [0.4, 0.5) is 0 Å². The Morgan fingerprint density at radius 1 is 1.12 bits per heavy atom. The molecule has 1 N–H and O–H groups in total. The molecular formula is C15H20O2. The molecule has 3 rings (SSSR count). The van der Waals surface area contributed by atoms with Gasteiger partial charge in [-0.3, -0.25) is 0 Å². The van der Waals surface area contributed by atoms with Crippen molar-refractivity contribution < 1.29 is 9.84 Å². The van der Waals surface area contributed by atoms with Gasteiger partial charge < -0.3 is 9.84 Å². The molecule has 0 bridgehead atoms. The van der Waals surface area contributed by atoms with Crippen LogP contribution < -0.4 is 4.74 Å². The van der Waals surface area contributed by atoms with Crippen LogP contribution in [0.1, 0.15) is 61.1 Å². The fraction of sp³-hybridized carbons (Fsp3) is 0.600. The molecule has 0 radical (unpaired) electrons. The summed E-state index contributed by atoms with van der Waals surface area (Å²) < 4.78 is 5.64. The molecule has 0 aromatic heterocycles. The van der Waals surface area contributed by atoms with Crippen molar-refractivity contribution in [3.63, 3.8) is 0 Å². The maximum atomic E-state index is 9.44. The minimum atomic E-state index is 0.0833. The minimum Gasteiger partial charge on any atom is -0.493 e. The number of hydrogen-bond donors (Lipinski definition) is 1. The van der Waals surface area contributed by atoms with Gasteiger partial charge in [-0.15, -0.1) is 0 Å². The Labute approximate surface area is 103 Å². The van der Waals surface area contributed by atoms with Gasteiger partial charge in [-0.1, -0.05) is 0 Å². The maximum absolute atomic E-state index is 9.44. The van der Waals surface area contributed by atoms with E-state index in [-0.39, 0.29) is 6.61 Å². The average Bonchev–Trinajstić information content (AvgIpc) is 3.18. The molecule has 17 heavy (non-hydrogen) atoms. The first kappa shape index (κ1) is 11.1. The quantitative estimate of drug-likeness (QED) is 0.843. The first-order chi connectivity index (χ1) is 8.33. The number of rotatable bonds is 5. The van der Waals surface area contributed by atoms with Gasteiger partial charge in [0, 0.05) is 5.56 Å². The van der Waals surface area contributed by atoms with E-state index in [0.717, 1.165) is 23.1 Å². The molecule has 0 amide bonds. The number of benzene rings is 1. The summed E-state index contributed by atoms with van der Waals surface area (Å²) in [6.45, 7) is 2.74. The van der Waals surface area contributed by atoms with E-state index in [2.05, 4.69) is 12.1 Å². The molecule has 1 aromatic rings. The molecule has 0 saturated heterocycles. The highest BCUT2D eigenvalue weighted by Crippen LogP contribution is 2.50. The zero-order chi connectivity index (χ0) is 11.8. The van der Waals surface area contributed by atoms with Gasteiger partial charge in [-0.2, -0.15) is 0 Å². The van der Waals surface area contributed by atoms with Crippen LogP contribution in [0.2, 0.25) is 0 Å². The number of aliphatic hydroxyl groups is 1. The van der Waals surface area contributed by atoms with E-state index in [1.807, 2.05) is 6.92 Å². The van der Waals surface area contributed by atoms with Gasteiger partial charge >= 0.3 is 0 Å². The van der Waals surface area contributed by atoms with Crippen LogP contribution in [0, 0.1) is 0 Å². The Hall–Kier alpha value is -1.02. The van der Waals surface area contributed by atoms with Crippen molar-refractivity contribution >= 4 is 0 Å². The van der Waals surface area contributed by atoms with Crippen LogP contribution in [-0.4, -0.2) is 11.7 Å². The van der Waals surface area contributed by atoms with Gasteiger partial charge in [-0.05, 0) is 67.7 Å². The first-order valence-corrected chi connectivity index (χ1v) is 6.73.